The summed E-state index contributed by atoms with van der Waals surface area (Å²) in [7, 11) is 0. The maximum Gasteiger partial charge on any atom is 0.184 e. The molecule has 0 aliphatic carbocycles. The van der Waals surface area contributed by atoms with E-state index >= 15 is 0 Å². The van der Waals surface area contributed by atoms with Crippen LogP contribution in [0.5, 0.6) is 0 Å². The molecule has 0 aliphatic rings. The fourth-order valence-corrected chi connectivity index (χ4v) is 1.32. The minimum absolute atomic E-state index is 0.110. The van der Waals surface area contributed by atoms with Crippen LogP contribution in [0.1, 0.15) is 18.4 Å². The first-order valence-corrected chi connectivity index (χ1v) is 5.72. The molecule has 0 aliphatic heterocycles. The molecule has 1 heterocycles. The quantitative estimate of drug-likeness (QED) is 0.370. The van der Waals surface area contributed by atoms with Crippen LogP contribution in [0.4, 0.5) is 0 Å². The van der Waals surface area contributed by atoms with Gasteiger partial charge in [0, 0.05) is 5.57 Å². The number of hydrogen-bond acceptors (Lipinski definition) is 3. The largest absolute Gasteiger partial charge is 0.455 e. The molecule has 0 radical (unpaired) electrons. The van der Waals surface area contributed by atoms with E-state index < -0.39 is 0 Å². The van der Waals surface area contributed by atoms with Crippen LogP contribution in [-0.2, 0) is 0 Å². The van der Waals surface area contributed by atoms with E-state index in [0.29, 0.717) is 5.76 Å². The van der Waals surface area contributed by atoms with Gasteiger partial charge in [-0.05, 0) is 31.3 Å². The molecule has 0 saturated heterocycles. The number of hydrogen-bond donors (Lipinski definition) is 2. The molecule has 0 bridgehead atoms. The van der Waals surface area contributed by atoms with E-state index in [-0.39, 0.29) is 5.11 Å². The molecular weight excluding hydrogens is 246 g/mol. The lowest BCUT2D eigenvalue weighted by molar-refractivity contribution is 0.547. The van der Waals surface area contributed by atoms with Crippen LogP contribution in [0.2, 0.25) is 0 Å². The lowest BCUT2D eigenvalue weighted by Crippen LogP contribution is -2.23. The van der Waals surface area contributed by atoms with E-state index in [1.54, 1.807) is 12.1 Å². The van der Waals surface area contributed by atoms with Crippen LogP contribution in [0.3, 0.4) is 0 Å². The van der Waals surface area contributed by atoms with Crippen molar-refractivity contribution in [1.29, 1.82) is 0 Å². The van der Waals surface area contributed by atoms with Crippen LogP contribution in [0, 0.1) is 0 Å². The monoisotopic (exact) mass is 261 g/mol. The number of nitrogens with two attached hydrogens (primary N) is 1. The summed E-state index contributed by atoms with van der Waals surface area (Å²) in [4.78, 5) is 0. The Kier molecular flexibility index (Phi) is 5.60. The molecule has 0 aromatic carbocycles. The summed E-state index contributed by atoms with van der Waals surface area (Å²) >= 11 is 4.62. The molecule has 1 aromatic rings. The molecule has 1 aromatic heterocycles. The Morgan fingerprint density at radius 3 is 2.94 bits per heavy atom. The zero-order valence-electron chi connectivity index (χ0n) is 10.1. The van der Waals surface area contributed by atoms with Crippen molar-refractivity contribution in [3.05, 3.63) is 54.5 Å². The molecule has 0 fully saturated rings. The summed E-state index contributed by atoms with van der Waals surface area (Å²) in [6, 6.07) is 3.66. The molecule has 3 N–H and O–H groups in total. The fourth-order valence-electron chi connectivity index (χ4n) is 1.26. The third kappa shape index (κ3) is 4.39. The second-order valence-electron chi connectivity index (χ2n) is 3.29. The Labute approximate surface area is 112 Å². The van der Waals surface area contributed by atoms with Crippen LogP contribution in [0.15, 0.2) is 52.5 Å². The summed E-state index contributed by atoms with van der Waals surface area (Å²) in [5.41, 5.74) is 8.63. The van der Waals surface area contributed by atoms with Gasteiger partial charge in [-0.15, -0.1) is 0 Å². The number of allylic oxidation sites excluding steroid dienone is 5. The Morgan fingerprint density at radius 2 is 2.33 bits per heavy atom. The number of nitrogens with one attached hydrogen (secondary N) is 1. The second kappa shape index (κ2) is 7.24. The van der Waals surface area contributed by atoms with Crippen molar-refractivity contribution in [2.24, 2.45) is 10.8 Å². The van der Waals surface area contributed by atoms with Crippen molar-refractivity contribution in [2.45, 2.75) is 6.92 Å². The van der Waals surface area contributed by atoms with Crippen LogP contribution in [-0.4, -0.2) is 11.3 Å². The van der Waals surface area contributed by atoms with Crippen LogP contribution in [0.25, 0.3) is 5.57 Å². The summed E-state index contributed by atoms with van der Waals surface area (Å²) in [6.45, 7) is 5.61. The first-order chi connectivity index (χ1) is 8.67. The number of hydrazone groups is 1. The second-order valence-corrected chi connectivity index (χ2v) is 3.73. The minimum atomic E-state index is 0.110. The molecule has 5 heteroatoms. The first kappa shape index (κ1) is 13.9. The predicted octanol–water partition coefficient (Wildman–Crippen LogP) is 2.59. The van der Waals surface area contributed by atoms with E-state index in [1.165, 1.54) is 6.21 Å². The summed E-state index contributed by atoms with van der Waals surface area (Å²) < 4.78 is 5.59. The highest BCUT2D eigenvalue weighted by molar-refractivity contribution is 7.80. The van der Waals surface area contributed by atoms with Crippen molar-refractivity contribution >= 4 is 29.1 Å². The molecule has 0 spiro atoms. The summed E-state index contributed by atoms with van der Waals surface area (Å²) in [6.07, 6.45) is 8.95. The Hall–Kier alpha value is -2.14. The Balaban J connectivity index is 2.84. The zero-order chi connectivity index (χ0) is 13.4. The molecule has 1 rings (SSSR count). The van der Waals surface area contributed by atoms with Gasteiger partial charge in [0.25, 0.3) is 0 Å². The highest BCUT2D eigenvalue weighted by Crippen LogP contribution is 2.18. The van der Waals surface area contributed by atoms with Crippen molar-refractivity contribution in [1.82, 2.24) is 5.43 Å². The van der Waals surface area contributed by atoms with Gasteiger partial charge in [-0.1, -0.05) is 30.9 Å². The van der Waals surface area contributed by atoms with E-state index in [9.17, 15) is 0 Å². The lowest BCUT2D eigenvalue weighted by atomic mass is 10.2. The smallest absolute Gasteiger partial charge is 0.184 e. The molecule has 0 atom stereocenters. The topological polar surface area (TPSA) is 63.5 Å². The maximum atomic E-state index is 5.59. The molecule has 0 amide bonds. The van der Waals surface area contributed by atoms with Crippen molar-refractivity contribution in [3.63, 3.8) is 0 Å². The van der Waals surface area contributed by atoms with Crippen LogP contribution >= 0.6 is 12.2 Å². The normalized spacial score (nSPS) is 12.2. The average molecular weight is 261 g/mol. The van der Waals surface area contributed by atoms with Gasteiger partial charge in [0.2, 0.25) is 0 Å². The number of rotatable bonds is 5. The van der Waals surface area contributed by atoms with Crippen molar-refractivity contribution < 1.29 is 4.42 Å². The highest BCUT2D eigenvalue weighted by atomic mass is 32.1. The third-order valence-corrected chi connectivity index (χ3v) is 2.01. The third-order valence-electron chi connectivity index (χ3n) is 1.92. The molecule has 18 heavy (non-hydrogen) atoms. The molecular formula is C13H15N3OS. The Bertz CT molecular complexity index is 512. The standard InChI is InChI=1S/C13H15N3OS/c1-3-5-10(6-4-2)12-8-7-11(17-12)9-15-16-13(14)18/h3-9H,1H2,2H3,(H3,14,16,18)/b6-4-,10-5+,15-9+. The van der Waals surface area contributed by atoms with Gasteiger partial charge < -0.3 is 10.2 Å². The van der Waals surface area contributed by atoms with Crippen molar-refractivity contribution in [3.8, 4) is 0 Å². The summed E-state index contributed by atoms with van der Waals surface area (Å²) in [5.74, 6) is 1.35. The van der Waals surface area contributed by atoms with Gasteiger partial charge in [-0.25, -0.2) is 0 Å². The van der Waals surface area contributed by atoms with Gasteiger partial charge in [-0.2, -0.15) is 5.10 Å². The van der Waals surface area contributed by atoms with Crippen LogP contribution < -0.4 is 11.2 Å². The fraction of sp³-hybridized carbons (Fsp3) is 0.0769. The molecule has 0 unspecified atom stereocenters. The van der Waals surface area contributed by atoms with Gasteiger partial charge in [0.1, 0.15) is 11.5 Å². The number of nitrogens with zero attached hydrogens (tertiary/aromatic N) is 1. The van der Waals surface area contributed by atoms with E-state index in [0.717, 1.165) is 11.3 Å². The minimum Gasteiger partial charge on any atom is -0.455 e. The van der Waals surface area contributed by atoms with Gasteiger partial charge in [-0.3, -0.25) is 5.43 Å². The van der Waals surface area contributed by atoms with Gasteiger partial charge in [0.15, 0.2) is 5.11 Å². The van der Waals surface area contributed by atoms with E-state index in [1.807, 2.05) is 31.2 Å². The van der Waals surface area contributed by atoms with Gasteiger partial charge >= 0.3 is 0 Å². The number of furan rings is 1. The van der Waals surface area contributed by atoms with Gasteiger partial charge in [0.05, 0.1) is 6.21 Å². The zero-order valence-corrected chi connectivity index (χ0v) is 10.9. The SMILES string of the molecule is C=C/C=C(\C=C/C)c1ccc(/C=N/NC(N)=S)o1. The lowest BCUT2D eigenvalue weighted by Gasteiger charge is -1.95. The van der Waals surface area contributed by atoms with E-state index in [2.05, 4.69) is 29.3 Å². The molecule has 0 saturated carbocycles. The van der Waals surface area contributed by atoms with E-state index in [4.69, 9.17) is 10.2 Å². The maximum absolute atomic E-state index is 5.59. The highest BCUT2D eigenvalue weighted by Gasteiger charge is 2.02. The molecule has 94 valence electrons. The molecule has 4 nitrogen and oxygen atoms in total. The number of thiocarbonyl (C=S) groups is 1. The summed E-state index contributed by atoms with van der Waals surface area (Å²) in [5, 5.41) is 3.92. The van der Waals surface area contributed by atoms with Crippen molar-refractivity contribution in [2.75, 3.05) is 0 Å². The Morgan fingerprint density at radius 1 is 1.56 bits per heavy atom. The predicted molar refractivity (Wildman–Crippen MR) is 79.2 cm³/mol. The average Bonchev–Trinajstić information content (AvgIpc) is 2.77. The first-order valence-electron chi connectivity index (χ1n) is 5.31.